The van der Waals surface area contributed by atoms with Gasteiger partial charge in [-0.2, -0.15) is 4.98 Å². The molecule has 2 aliphatic heterocycles. The molecule has 1 aromatic heterocycles. The van der Waals surface area contributed by atoms with Crippen LogP contribution in [0.1, 0.15) is 43.4 Å². The van der Waals surface area contributed by atoms with Gasteiger partial charge in [0.05, 0.1) is 5.69 Å². The minimum absolute atomic E-state index is 0.443. The van der Waals surface area contributed by atoms with Crippen molar-refractivity contribution in [3.05, 3.63) is 11.3 Å². The summed E-state index contributed by atoms with van der Waals surface area (Å²) in [6.45, 7) is 4.32. The summed E-state index contributed by atoms with van der Waals surface area (Å²) in [7, 11) is 0. The number of rotatable bonds is 1. The lowest BCUT2D eigenvalue weighted by atomic mass is 9.86. The molecule has 3 aliphatic rings. The fourth-order valence-corrected chi connectivity index (χ4v) is 4.45. The maximum Gasteiger partial charge on any atom is 0.222 e. The van der Waals surface area contributed by atoms with Gasteiger partial charge in [0.25, 0.3) is 0 Å². The number of hydrogen-bond acceptors (Lipinski definition) is 5. The first kappa shape index (κ1) is 13.3. The lowest BCUT2D eigenvalue weighted by Crippen LogP contribution is -2.27. The lowest BCUT2D eigenvalue weighted by Gasteiger charge is -2.26. The number of nitrogens with one attached hydrogen (secondary N) is 1. The van der Waals surface area contributed by atoms with E-state index in [4.69, 9.17) is 5.73 Å². The Balaban J connectivity index is 1.67. The van der Waals surface area contributed by atoms with Crippen molar-refractivity contribution in [1.82, 2.24) is 15.3 Å². The van der Waals surface area contributed by atoms with E-state index in [9.17, 15) is 0 Å². The first-order valence-corrected chi connectivity index (χ1v) is 8.37. The Labute approximate surface area is 126 Å². The van der Waals surface area contributed by atoms with Crippen molar-refractivity contribution in [2.45, 2.75) is 44.9 Å². The quantitative estimate of drug-likeness (QED) is 0.819. The number of nitrogen functional groups attached to an aromatic ring is 1. The van der Waals surface area contributed by atoms with Crippen molar-refractivity contribution in [2.24, 2.45) is 5.41 Å². The zero-order chi connectivity index (χ0) is 14.3. The van der Waals surface area contributed by atoms with Gasteiger partial charge in [0.1, 0.15) is 5.82 Å². The van der Waals surface area contributed by atoms with Gasteiger partial charge in [0, 0.05) is 31.6 Å². The summed E-state index contributed by atoms with van der Waals surface area (Å²) in [6, 6.07) is 0. The van der Waals surface area contributed by atoms with Crippen LogP contribution in [0.2, 0.25) is 0 Å². The number of nitrogens with zero attached hydrogens (tertiary/aromatic N) is 3. The van der Waals surface area contributed by atoms with Crippen molar-refractivity contribution < 1.29 is 0 Å². The summed E-state index contributed by atoms with van der Waals surface area (Å²) in [6.07, 6.45) is 8.91. The fourth-order valence-electron chi connectivity index (χ4n) is 4.45. The van der Waals surface area contributed by atoms with Gasteiger partial charge in [-0.1, -0.05) is 12.8 Å². The van der Waals surface area contributed by atoms with E-state index in [1.807, 2.05) is 0 Å². The average molecular weight is 287 g/mol. The van der Waals surface area contributed by atoms with Crippen LogP contribution in [0.15, 0.2) is 0 Å². The Morgan fingerprint density at radius 1 is 1.05 bits per heavy atom. The molecule has 1 saturated heterocycles. The molecular formula is C16H25N5. The molecule has 21 heavy (non-hydrogen) atoms. The predicted octanol–water partition coefficient (Wildman–Crippen LogP) is 1.52. The molecule has 3 heterocycles. The molecule has 0 aromatic carbocycles. The van der Waals surface area contributed by atoms with E-state index in [-0.39, 0.29) is 0 Å². The Morgan fingerprint density at radius 2 is 1.86 bits per heavy atom. The van der Waals surface area contributed by atoms with E-state index in [1.165, 1.54) is 44.2 Å². The zero-order valence-corrected chi connectivity index (χ0v) is 12.7. The molecule has 4 rings (SSSR count). The molecule has 5 nitrogen and oxygen atoms in total. The van der Waals surface area contributed by atoms with Crippen LogP contribution in [0.5, 0.6) is 0 Å². The average Bonchev–Trinajstić information content (AvgIpc) is 3.04. The molecule has 0 radical (unpaired) electrons. The Bertz CT molecular complexity index is 536. The summed E-state index contributed by atoms with van der Waals surface area (Å²) >= 11 is 0. The van der Waals surface area contributed by atoms with E-state index >= 15 is 0 Å². The Morgan fingerprint density at radius 3 is 2.71 bits per heavy atom. The smallest absolute Gasteiger partial charge is 0.222 e. The van der Waals surface area contributed by atoms with Gasteiger partial charge in [0.15, 0.2) is 0 Å². The van der Waals surface area contributed by atoms with E-state index in [0.29, 0.717) is 11.4 Å². The normalized spacial score (nSPS) is 24.3. The standard InChI is InChI=1S/C16H25N5/c17-15-19-13-4-9-18-8-3-12(13)14(20-15)21-10-7-16(11-21)5-1-2-6-16/h18H,1-11H2,(H2,17,19,20). The number of anilines is 2. The van der Waals surface area contributed by atoms with Gasteiger partial charge < -0.3 is 16.0 Å². The number of hydrogen-bond donors (Lipinski definition) is 2. The van der Waals surface area contributed by atoms with Crippen LogP contribution in [0.25, 0.3) is 0 Å². The van der Waals surface area contributed by atoms with Crippen molar-refractivity contribution in [2.75, 3.05) is 36.8 Å². The van der Waals surface area contributed by atoms with Crippen molar-refractivity contribution in [3.8, 4) is 0 Å². The zero-order valence-electron chi connectivity index (χ0n) is 12.7. The van der Waals surface area contributed by atoms with Gasteiger partial charge in [-0.05, 0) is 37.6 Å². The molecule has 1 aliphatic carbocycles. The second-order valence-corrected chi connectivity index (χ2v) is 6.96. The molecule has 2 fully saturated rings. The summed E-state index contributed by atoms with van der Waals surface area (Å²) < 4.78 is 0. The lowest BCUT2D eigenvalue weighted by molar-refractivity contribution is 0.340. The topological polar surface area (TPSA) is 67.1 Å². The van der Waals surface area contributed by atoms with Gasteiger partial charge in [-0.15, -0.1) is 0 Å². The highest BCUT2D eigenvalue weighted by molar-refractivity contribution is 5.53. The molecule has 114 valence electrons. The molecule has 3 N–H and O–H groups in total. The minimum atomic E-state index is 0.443. The molecule has 1 aromatic rings. The molecule has 1 spiro atoms. The van der Waals surface area contributed by atoms with Gasteiger partial charge in [0.2, 0.25) is 5.95 Å². The highest BCUT2D eigenvalue weighted by atomic mass is 15.2. The maximum absolute atomic E-state index is 5.98. The van der Waals surface area contributed by atoms with Gasteiger partial charge in [-0.25, -0.2) is 4.98 Å². The maximum atomic E-state index is 5.98. The highest BCUT2D eigenvalue weighted by Gasteiger charge is 2.41. The first-order valence-electron chi connectivity index (χ1n) is 8.37. The third-order valence-corrected chi connectivity index (χ3v) is 5.58. The van der Waals surface area contributed by atoms with Crippen LogP contribution >= 0.6 is 0 Å². The number of fused-ring (bicyclic) bond motifs is 1. The van der Waals surface area contributed by atoms with Crippen LogP contribution in [0, 0.1) is 5.41 Å². The molecule has 0 unspecified atom stereocenters. The third-order valence-electron chi connectivity index (χ3n) is 5.58. The second kappa shape index (κ2) is 5.13. The SMILES string of the molecule is Nc1nc2c(c(N3CCC4(CCCC4)C3)n1)CCNCC2. The molecule has 5 heteroatoms. The summed E-state index contributed by atoms with van der Waals surface area (Å²) in [5, 5.41) is 3.45. The highest BCUT2D eigenvalue weighted by Crippen LogP contribution is 2.46. The molecule has 1 saturated carbocycles. The second-order valence-electron chi connectivity index (χ2n) is 6.96. The van der Waals surface area contributed by atoms with Gasteiger partial charge >= 0.3 is 0 Å². The monoisotopic (exact) mass is 287 g/mol. The van der Waals surface area contributed by atoms with Crippen LogP contribution in [-0.2, 0) is 12.8 Å². The number of aromatic nitrogens is 2. The molecule has 0 atom stereocenters. The molecular weight excluding hydrogens is 262 g/mol. The van der Waals surface area contributed by atoms with Crippen LogP contribution in [0.3, 0.4) is 0 Å². The van der Waals surface area contributed by atoms with Crippen LogP contribution in [-0.4, -0.2) is 36.1 Å². The van der Waals surface area contributed by atoms with E-state index < -0.39 is 0 Å². The van der Waals surface area contributed by atoms with E-state index in [1.54, 1.807) is 0 Å². The fraction of sp³-hybridized carbons (Fsp3) is 0.750. The minimum Gasteiger partial charge on any atom is -0.368 e. The van der Waals surface area contributed by atoms with Crippen molar-refractivity contribution in [3.63, 3.8) is 0 Å². The summed E-state index contributed by atoms with van der Waals surface area (Å²) in [5.41, 5.74) is 9.04. The van der Waals surface area contributed by atoms with Crippen LogP contribution < -0.4 is 16.0 Å². The van der Waals surface area contributed by atoms with Gasteiger partial charge in [-0.3, -0.25) is 0 Å². The largest absolute Gasteiger partial charge is 0.368 e. The van der Waals surface area contributed by atoms with Crippen LogP contribution in [0.4, 0.5) is 11.8 Å². The Kier molecular flexibility index (Phi) is 3.25. The van der Waals surface area contributed by atoms with Crippen molar-refractivity contribution in [1.29, 1.82) is 0 Å². The van der Waals surface area contributed by atoms with E-state index in [0.717, 1.165) is 44.0 Å². The van der Waals surface area contributed by atoms with E-state index in [2.05, 4.69) is 20.2 Å². The molecule has 0 bridgehead atoms. The summed E-state index contributed by atoms with van der Waals surface area (Å²) in [4.78, 5) is 11.6. The number of nitrogens with two attached hydrogens (primary N) is 1. The summed E-state index contributed by atoms with van der Waals surface area (Å²) in [5.74, 6) is 1.57. The predicted molar refractivity (Wildman–Crippen MR) is 84.5 cm³/mol. The van der Waals surface area contributed by atoms with Crippen molar-refractivity contribution >= 4 is 11.8 Å². The molecule has 0 amide bonds. The Hall–Kier alpha value is -1.36. The third kappa shape index (κ3) is 2.37. The first-order chi connectivity index (χ1) is 10.3.